The average molecular weight is 198 g/mol. The third-order valence-electron chi connectivity index (χ3n) is 3.61. The Labute approximate surface area is 89.3 Å². The van der Waals surface area contributed by atoms with Gasteiger partial charge in [-0.1, -0.05) is 27.7 Å². The van der Waals surface area contributed by atoms with Crippen LogP contribution in [-0.2, 0) is 0 Å². The standard InChI is InChI=1S/C12H26N2/c1-11(12(2,3)4)10-14-8-6-13(5)7-9-14/h11H,6-10H2,1-5H3. The number of likely N-dealkylation sites (N-methyl/N-ethyl adjacent to an activating group) is 1. The summed E-state index contributed by atoms with van der Waals surface area (Å²) >= 11 is 0. The van der Waals surface area contributed by atoms with Gasteiger partial charge in [-0.3, -0.25) is 0 Å². The molecule has 0 amide bonds. The van der Waals surface area contributed by atoms with Gasteiger partial charge in [0, 0.05) is 32.7 Å². The Morgan fingerprint density at radius 3 is 2.00 bits per heavy atom. The Bertz CT molecular complexity index is 164. The summed E-state index contributed by atoms with van der Waals surface area (Å²) in [6, 6.07) is 0. The van der Waals surface area contributed by atoms with Crippen molar-refractivity contribution in [3.05, 3.63) is 0 Å². The number of hydrogen-bond donors (Lipinski definition) is 0. The number of piperazine rings is 1. The van der Waals surface area contributed by atoms with E-state index in [0.29, 0.717) is 5.41 Å². The Hall–Kier alpha value is -0.0800. The summed E-state index contributed by atoms with van der Waals surface area (Å²) in [5.74, 6) is 0.783. The highest BCUT2D eigenvalue weighted by Gasteiger charge is 2.23. The van der Waals surface area contributed by atoms with Gasteiger partial charge in [0.05, 0.1) is 0 Å². The molecule has 1 saturated heterocycles. The van der Waals surface area contributed by atoms with Crippen LogP contribution in [0.5, 0.6) is 0 Å². The third-order valence-corrected chi connectivity index (χ3v) is 3.61. The number of nitrogens with zero attached hydrogens (tertiary/aromatic N) is 2. The van der Waals surface area contributed by atoms with Crippen LogP contribution in [0.3, 0.4) is 0 Å². The highest BCUT2D eigenvalue weighted by Crippen LogP contribution is 2.26. The zero-order chi connectivity index (χ0) is 10.8. The number of hydrogen-bond acceptors (Lipinski definition) is 2. The second-order valence-corrected chi connectivity index (χ2v) is 5.87. The van der Waals surface area contributed by atoms with Crippen molar-refractivity contribution in [1.82, 2.24) is 9.80 Å². The molecule has 1 unspecified atom stereocenters. The van der Waals surface area contributed by atoms with Crippen LogP contribution in [-0.4, -0.2) is 49.6 Å². The summed E-state index contributed by atoms with van der Waals surface area (Å²) in [4.78, 5) is 5.02. The lowest BCUT2D eigenvalue weighted by molar-refractivity contribution is 0.108. The van der Waals surface area contributed by atoms with Gasteiger partial charge in [0.2, 0.25) is 0 Å². The Balaban J connectivity index is 2.31. The van der Waals surface area contributed by atoms with E-state index in [-0.39, 0.29) is 0 Å². The SMILES string of the molecule is CC(CN1CCN(C)CC1)C(C)(C)C. The van der Waals surface area contributed by atoms with Crippen molar-refractivity contribution in [1.29, 1.82) is 0 Å². The van der Waals surface area contributed by atoms with Crippen LogP contribution in [0.15, 0.2) is 0 Å². The van der Waals surface area contributed by atoms with Gasteiger partial charge in [-0.25, -0.2) is 0 Å². The summed E-state index contributed by atoms with van der Waals surface area (Å²) in [6.07, 6.45) is 0. The normalized spacial score (nSPS) is 23.8. The quantitative estimate of drug-likeness (QED) is 0.669. The second kappa shape index (κ2) is 4.63. The highest BCUT2D eigenvalue weighted by atomic mass is 15.2. The smallest absolute Gasteiger partial charge is 0.0110 e. The lowest BCUT2D eigenvalue weighted by Gasteiger charge is -2.37. The Morgan fingerprint density at radius 1 is 1.07 bits per heavy atom. The highest BCUT2D eigenvalue weighted by molar-refractivity contribution is 4.76. The van der Waals surface area contributed by atoms with Crippen LogP contribution < -0.4 is 0 Å². The van der Waals surface area contributed by atoms with Crippen molar-refractivity contribution in [2.24, 2.45) is 11.3 Å². The molecule has 0 aromatic heterocycles. The molecule has 0 aliphatic carbocycles. The lowest BCUT2D eigenvalue weighted by atomic mass is 9.82. The fourth-order valence-corrected chi connectivity index (χ4v) is 1.69. The van der Waals surface area contributed by atoms with Crippen molar-refractivity contribution in [3.63, 3.8) is 0 Å². The van der Waals surface area contributed by atoms with Crippen LogP contribution in [0.25, 0.3) is 0 Å². The fourth-order valence-electron chi connectivity index (χ4n) is 1.69. The van der Waals surface area contributed by atoms with E-state index in [2.05, 4.69) is 44.5 Å². The zero-order valence-corrected chi connectivity index (χ0v) is 10.5. The second-order valence-electron chi connectivity index (χ2n) is 5.87. The van der Waals surface area contributed by atoms with E-state index >= 15 is 0 Å². The molecule has 0 aromatic carbocycles. The molecule has 1 atom stereocenters. The summed E-state index contributed by atoms with van der Waals surface area (Å²) in [5, 5.41) is 0. The molecular formula is C12H26N2. The van der Waals surface area contributed by atoms with E-state index in [1.807, 2.05) is 0 Å². The van der Waals surface area contributed by atoms with Gasteiger partial charge < -0.3 is 9.80 Å². The molecule has 0 radical (unpaired) electrons. The molecule has 2 nitrogen and oxygen atoms in total. The first-order valence-electron chi connectivity index (χ1n) is 5.80. The lowest BCUT2D eigenvalue weighted by Crippen LogP contribution is -2.47. The average Bonchev–Trinajstić information content (AvgIpc) is 2.07. The molecule has 1 fully saturated rings. The fraction of sp³-hybridized carbons (Fsp3) is 1.00. The molecule has 0 spiro atoms. The van der Waals surface area contributed by atoms with Crippen LogP contribution in [0, 0.1) is 11.3 Å². The first kappa shape index (κ1) is 12.0. The van der Waals surface area contributed by atoms with Crippen LogP contribution in [0.2, 0.25) is 0 Å². The van der Waals surface area contributed by atoms with Gasteiger partial charge in [-0.15, -0.1) is 0 Å². The van der Waals surface area contributed by atoms with Gasteiger partial charge >= 0.3 is 0 Å². The Kier molecular flexibility index (Phi) is 3.96. The van der Waals surface area contributed by atoms with Gasteiger partial charge in [-0.05, 0) is 18.4 Å². The Morgan fingerprint density at radius 2 is 1.57 bits per heavy atom. The maximum absolute atomic E-state index is 2.61. The van der Waals surface area contributed by atoms with E-state index in [1.54, 1.807) is 0 Å². The first-order valence-corrected chi connectivity index (χ1v) is 5.80. The maximum Gasteiger partial charge on any atom is 0.0110 e. The minimum atomic E-state index is 0.448. The van der Waals surface area contributed by atoms with Gasteiger partial charge in [-0.2, -0.15) is 0 Å². The van der Waals surface area contributed by atoms with Gasteiger partial charge in [0.15, 0.2) is 0 Å². The van der Waals surface area contributed by atoms with E-state index in [9.17, 15) is 0 Å². The van der Waals surface area contributed by atoms with Crippen molar-refractivity contribution < 1.29 is 0 Å². The van der Waals surface area contributed by atoms with E-state index in [1.165, 1.54) is 32.7 Å². The molecule has 1 heterocycles. The molecule has 0 aromatic rings. The first-order chi connectivity index (χ1) is 6.39. The minimum Gasteiger partial charge on any atom is -0.304 e. The summed E-state index contributed by atoms with van der Waals surface area (Å²) in [6.45, 7) is 15.6. The van der Waals surface area contributed by atoms with Gasteiger partial charge in [0.25, 0.3) is 0 Å². The minimum absolute atomic E-state index is 0.448. The summed E-state index contributed by atoms with van der Waals surface area (Å²) in [7, 11) is 2.21. The zero-order valence-electron chi connectivity index (χ0n) is 10.5. The molecule has 84 valence electrons. The third kappa shape index (κ3) is 3.58. The maximum atomic E-state index is 2.61. The van der Waals surface area contributed by atoms with E-state index < -0.39 is 0 Å². The monoisotopic (exact) mass is 198 g/mol. The van der Waals surface area contributed by atoms with Crippen molar-refractivity contribution in [2.75, 3.05) is 39.8 Å². The van der Waals surface area contributed by atoms with Crippen LogP contribution in [0.4, 0.5) is 0 Å². The molecular weight excluding hydrogens is 172 g/mol. The molecule has 1 rings (SSSR count). The van der Waals surface area contributed by atoms with Gasteiger partial charge in [0.1, 0.15) is 0 Å². The van der Waals surface area contributed by atoms with Crippen molar-refractivity contribution in [2.45, 2.75) is 27.7 Å². The predicted molar refractivity (Wildman–Crippen MR) is 62.6 cm³/mol. The molecule has 1 aliphatic heterocycles. The molecule has 0 N–H and O–H groups in total. The van der Waals surface area contributed by atoms with E-state index in [4.69, 9.17) is 0 Å². The predicted octanol–water partition coefficient (Wildman–Crippen LogP) is 1.92. The molecule has 2 heteroatoms. The molecule has 1 aliphatic rings. The summed E-state index contributed by atoms with van der Waals surface area (Å²) in [5.41, 5.74) is 0.448. The van der Waals surface area contributed by atoms with E-state index in [0.717, 1.165) is 5.92 Å². The largest absolute Gasteiger partial charge is 0.304 e. The number of rotatable bonds is 2. The van der Waals surface area contributed by atoms with Crippen LogP contribution in [0.1, 0.15) is 27.7 Å². The van der Waals surface area contributed by atoms with Crippen LogP contribution >= 0.6 is 0 Å². The van der Waals surface area contributed by atoms with Crippen molar-refractivity contribution in [3.8, 4) is 0 Å². The molecule has 14 heavy (non-hydrogen) atoms. The van der Waals surface area contributed by atoms with Crippen molar-refractivity contribution >= 4 is 0 Å². The molecule has 0 bridgehead atoms. The summed E-state index contributed by atoms with van der Waals surface area (Å²) < 4.78 is 0. The molecule has 0 saturated carbocycles. The topological polar surface area (TPSA) is 6.48 Å².